The largest absolute Gasteiger partial charge is 0.290 e. The summed E-state index contributed by atoms with van der Waals surface area (Å²) in [4.78, 5) is 11.2. The standard InChI is InChI=1S/C10H14O/c1-7(2)6-9-8(3)4-5-10(9)11/h4-8H,1-3H3. The molecule has 0 aliphatic heterocycles. The highest BCUT2D eigenvalue weighted by Gasteiger charge is 2.18. The molecule has 11 heavy (non-hydrogen) atoms. The van der Waals surface area contributed by atoms with Gasteiger partial charge in [-0.05, 0) is 12.0 Å². The Morgan fingerprint density at radius 3 is 2.55 bits per heavy atom. The fraction of sp³-hybridized carbons (Fsp3) is 0.500. The van der Waals surface area contributed by atoms with Crippen LogP contribution in [0, 0.1) is 11.8 Å². The molecule has 0 aromatic rings. The summed E-state index contributed by atoms with van der Waals surface area (Å²) in [5, 5.41) is 0. The molecule has 1 aliphatic carbocycles. The van der Waals surface area contributed by atoms with Gasteiger partial charge in [-0.25, -0.2) is 0 Å². The lowest BCUT2D eigenvalue weighted by molar-refractivity contribution is -0.111. The molecule has 0 aromatic carbocycles. The third-order valence-corrected chi connectivity index (χ3v) is 1.82. The normalized spacial score (nSPS) is 27.5. The highest BCUT2D eigenvalue weighted by atomic mass is 16.1. The van der Waals surface area contributed by atoms with Gasteiger partial charge in [0, 0.05) is 11.5 Å². The molecule has 0 N–H and O–H groups in total. The van der Waals surface area contributed by atoms with E-state index in [0.717, 1.165) is 5.57 Å². The summed E-state index contributed by atoms with van der Waals surface area (Å²) in [6, 6.07) is 0. The fourth-order valence-corrected chi connectivity index (χ4v) is 1.25. The minimum Gasteiger partial charge on any atom is -0.290 e. The Morgan fingerprint density at radius 1 is 1.55 bits per heavy atom. The average Bonchev–Trinajstić information content (AvgIpc) is 2.18. The summed E-state index contributed by atoms with van der Waals surface area (Å²) >= 11 is 0. The maximum atomic E-state index is 11.2. The average molecular weight is 150 g/mol. The highest BCUT2D eigenvalue weighted by molar-refractivity contribution is 6.07. The molecule has 1 nitrogen and oxygen atoms in total. The molecule has 0 fully saturated rings. The van der Waals surface area contributed by atoms with Crippen molar-refractivity contribution in [3.8, 4) is 0 Å². The monoisotopic (exact) mass is 150 g/mol. The molecule has 1 rings (SSSR count). The first kappa shape index (κ1) is 8.25. The molecule has 0 bridgehead atoms. The maximum absolute atomic E-state index is 11.2. The van der Waals surface area contributed by atoms with Crippen molar-refractivity contribution < 1.29 is 4.79 Å². The molecule has 1 atom stereocenters. The summed E-state index contributed by atoms with van der Waals surface area (Å²) in [6.45, 7) is 6.23. The van der Waals surface area contributed by atoms with E-state index in [1.54, 1.807) is 6.08 Å². The topological polar surface area (TPSA) is 17.1 Å². The first-order valence-electron chi connectivity index (χ1n) is 4.05. The Labute approximate surface area is 67.8 Å². The second kappa shape index (κ2) is 3.04. The van der Waals surface area contributed by atoms with Crippen LogP contribution in [0.25, 0.3) is 0 Å². The smallest absolute Gasteiger partial charge is 0.181 e. The Balaban J connectivity index is 2.81. The summed E-state index contributed by atoms with van der Waals surface area (Å²) < 4.78 is 0. The van der Waals surface area contributed by atoms with Gasteiger partial charge in [-0.3, -0.25) is 4.79 Å². The lowest BCUT2D eigenvalue weighted by Crippen LogP contribution is -2.00. The van der Waals surface area contributed by atoms with Crippen molar-refractivity contribution in [2.24, 2.45) is 11.8 Å². The lowest BCUT2D eigenvalue weighted by atomic mass is 10.00. The van der Waals surface area contributed by atoms with Crippen molar-refractivity contribution >= 4 is 5.78 Å². The van der Waals surface area contributed by atoms with E-state index >= 15 is 0 Å². The number of hydrogen-bond donors (Lipinski definition) is 0. The first-order chi connectivity index (χ1) is 5.11. The van der Waals surface area contributed by atoms with Crippen LogP contribution in [0.1, 0.15) is 20.8 Å². The number of carbonyl (C=O) groups excluding carboxylic acids is 1. The Hall–Kier alpha value is -0.850. The van der Waals surface area contributed by atoms with E-state index < -0.39 is 0 Å². The van der Waals surface area contributed by atoms with Crippen LogP contribution in [0.3, 0.4) is 0 Å². The van der Waals surface area contributed by atoms with Crippen LogP contribution < -0.4 is 0 Å². The first-order valence-corrected chi connectivity index (χ1v) is 4.05. The zero-order valence-electron chi connectivity index (χ0n) is 7.29. The number of rotatable bonds is 1. The van der Waals surface area contributed by atoms with Crippen LogP contribution in [0.5, 0.6) is 0 Å². The predicted octanol–water partition coefficient (Wildman–Crippen LogP) is 2.34. The van der Waals surface area contributed by atoms with E-state index in [-0.39, 0.29) is 5.78 Å². The van der Waals surface area contributed by atoms with E-state index in [0.29, 0.717) is 11.8 Å². The van der Waals surface area contributed by atoms with Crippen LogP contribution in [-0.2, 0) is 4.79 Å². The molecule has 0 spiro atoms. The summed E-state index contributed by atoms with van der Waals surface area (Å²) in [5.41, 5.74) is 0.958. The Morgan fingerprint density at radius 2 is 2.18 bits per heavy atom. The molecule has 0 aromatic heterocycles. The van der Waals surface area contributed by atoms with E-state index in [1.807, 2.05) is 12.2 Å². The van der Waals surface area contributed by atoms with E-state index in [1.165, 1.54) is 0 Å². The predicted molar refractivity (Wildman–Crippen MR) is 46.2 cm³/mol. The van der Waals surface area contributed by atoms with E-state index in [4.69, 9.17) is 0 Å². The van der Waals surface area contributed by atoms with Crippen molar-refractivity contribution in [3.63, 3.8) is 0 Å². The van der Waals surface area contributed by atoms with Gasteiger partial charge in [0.2, 0.25) is 0 Å². The number of carbonyl (C=O) groups is 1. The molecule has 0 saturated heterocycles. The fourth-order valence-electron chi connectivity index (χ4n) is 1.25. The van der Waals surface area contributed by atoms with Crippen molar-refractivity contribution in [2.45, 2.75) is 20.8 Å². The zero-order valence-corrected chi connectivity index (χ0v) is 7.29. The Kier molecular flexibility index (Phi) is 2.28. The van der Waals surface area contributed by atoms with Crippen LogP contribution in [0.15, 0.2) is 23.8 Å². The van der Waals surface area contributed by atoms with E-state index in [2.05, 4.69) is 20.8 Å². The summed E-state index contributed by atoms with van der Waals surface area (Å²) in [6.07, 6.45) is 5.67. The summed E-state index contributed by atoms with van der Waals surface area (Å²) in [5.74, 6) is 0.979. The van der Waals surface area contributed by atoms with Crippen LogP contribution in [-0.4, -0.2) is 5.78 Å². The molecular weight excluding hydrogens is 136 g/mol. The third kappa shape index (κ3) is 1.79. The van der Waals surface area contributed by atoms with E-state index in [9.17, 15) is 4.79 Å². The molecular formula is C10H14O. The molecule has 0 heterocycles. The minimum absolute atomic E-state index is 0.186. The van der Waals surface area contributed by atoms with Crippen LogP contribution in [0.2, 0.25) is 0 Å². The van der Waals surface area contributed by atoms with Gasteiger partial charge in [-0.2, -0.15) is 0 Å². The summed E-state index contributed by atoms with van der Waals surface area (Å²) in [7, 11) is 0. The molecule has 1 aliphatic rings. The van der Waals surface area contributed by atoms with Crippen molar-refractivity contribution in [3.05, 3.63) is 23.8 Å². The SMILES string of the molecule is CC(C)C=C1C(=O)C=CC1C. The van der Waals surface area contributed by atoms with Gasteiger partial charge < -0.3 is 0 Å². The van der Waals surface area contributed by atoms with Crippen LogP contribution >= 0.6 is 0 Å². The molecule has 60 valence electrons. The van der Waals surface area contributed by atoms with Gasteiger partial charge in [-0.1, -0.05) is 32.9 Å². The van der Waals surface area contributed by atoms with Crippen molar-refractivity contribution in [1.29, 1.82) is 0 Å². The van der Waals surface area contributed by atoms with Gasteiger partial charge in [0.1, 0.15) is 0 Å². The molecule has 1 unspecified atom stereocenters. The van der Waals surface area contributed by atoms with Crippen molar-refractivity contribution in [2.75, 3.05) is 0 Å². The third-order valence-electron chi connectivity index (χ3n) is 1.82. The second-order valence-electron chi connectivity index (χ2n) is 3.38. The Bertz CT molecular complexity index is 221. The highest BCUT2D eigenvalue weighted by Crippen LogP contribution is 2.21. The van der Waals surface area contributed by atoms with Gasteiger partial charge in [-0.15, -0.1) is 0 Å². The van der Waals surface area contributed by atoms with Crippen molar-refractivity contribution in [1.82, 2.24) is 0 Å². The molecule has 0 radical (unpaired) electrons. The van der Waals surface area contributed by atoms with Gasteiger partial charge in [0.25, 0.3) is 0 Å². The quantitative estimate of drug-likeness (QED) is 0.524. The number of allylic oxidation sites excluding steroid dienone is 4. The van der Waals surface area contributed by atoms with Gasteiger partial charge in [0.05, 0.1) is 0 Å². The zero-order chi connectivity index (χ0) is 8.43. The molecule has 0 amide bonds. The lowest BCUT2D eigenvalue weighted by Gasteiger charge is -2.04. The van der Waals surface area contributed by atoms with Gasteiger partial charge in [0.15, 0.2) is 5.78 Å². The number of ketones is 1. The number of hydrogen-bond acceptors (Lipinski definition) is 1. The maximum Gasteiger partial charge on any atom is 0.181 e. The molecule has 1 heteroatoms. The van der Waals surface area contributed by atoms with Crippen LogP contribution in [0.4, 0.5) is 0 Å². The minimum atomic E-state index is 0.186. The second-order valence-corrected chi connectivity index (χ2v) is 3.38. The van der Waals surface area contributed by atoms with Gasteiger partial charge >= 0.3 is 0 Å². The molecule has 0 saturated carbocycles.